The van der Waals surface area contributed by atoms with E-state index in [2.05, 4.69) is 138 Å². The van der Waals surface area contributed by atoms with Crippen LogP contribution in [0.3, 0.4) is 0 Å². The van der Waals surface area contributed by atoms with Gasteiger partial charge in [0.05, 0.1) is 11.0 Å². The van der Waals surface area contributed by atoms with Gasteiger partial charge in [0, 0.05) is 53.3 Å². The molecular formula is C51H32N4S. The number of thiophene rings is 1. The third-order valence-electron chi connectivity index (χ3n) is 10.6. The molecule has 3 aromatic heterocycles. The molecule has 0 bridgehead atoms. The quantitative estimate of drug-likeness (QED) is 0.171. The minimum Gasteiger partial charge on any atom is -0.309 e. The summed E-state index contributed by atoms with van der Waals surface area (Å²) < 4.78 is 5.00. The maximum Gasteiger partial charge on any atom is 0.164 e. The first-order chi connectivity index (χ1) is 27.7. The van der Waals surface area contributed by atoms with E-state index in [9.17, 15) is 0 Å². The lowest BCUT2D eigenvalue weighted by atomic mass is 9.96. The van der Waals surface area contributed by atoms with E-state index >= 15 is 0 Å². The Morgan fingerprint density at radius 1 is 0.339 bits per heavy atom. The minimum absolute atomic E-state index is 0.633. The van der Waals surface area contributed by atoms with E-state index in [-0.39, 0.29) is 0 Å². The van der Waals surface area contributed by atoms with Crippen LogP contribution in [0.1, 0.15) is 0 Å². The van der Waals surface area contributed by atoms with Crippen molar-refractivity contribution < 1.29 is 0 Å². The molecule has 0 aliphatic rings. The zero-order valence-corrected chi connectivity index (χ0v) is 31.0. The van der Waals surface area contributed by atoms with Crippen LogP contribution in [0.15, 0.2) is 194 Å². The lowest BCUT2D eigenvalue weighted by Gasteiger charge is -2.15. The highest BCUT2D eigenvalue weighted by Gasteiger charge is 2.18. The molecule has 0 amide bonds. The van der Waals surface area contributed by atoms with Gasteiger partial charge in [-0.3, -0.25) is 0 Å². The van der Waals surface area contributed by atoms with Crippen LogP contribution in [-0.4, -0.2) is 19.5 Å². The van der Waals surface area contributed by atoms with Crippen molar-refractivity contribution in [2.24, 2.45) is 0 Å². The molecule has 0 atom stereocenters. The van der Waals surface area contributed by atoms with E-state index in [4.69, 9.17) is 15.0 Å². The smallest absolute Gasteiger partial charge is 0.164 e. The third-order valence-corrected chi connectivity index (χ3v) is 11.8. The summed E-state index contributed by atoms with van der Waals surface area (Å²) in [6.07, 6.45) is 0. The highest BCUT2D eigenvalue weighted by Crippen LogP contribution is 2.42. The van der Waals surface area contributed by atoms with Gasteiger partial charge in [0.1, 0.15) is 0 Å². The maximum atomic E-state index is 5.06. The van der Waals surface area contributed by atoms with E-state index in [1.54, 1.807) is 0 Å². The Kier molecular flexibility index (Phi) is 7.64. The SMILES string of the molecule is c1ccc(-c2nc(-c3ccccc3)nc(-c3cccc(-c4cc(-c5cccc6c5sc5ccccc56)cc(-n5c6ccccc6c6ccccc65)c4)c3)n2)cc1. The van der Waals surface area contributed by atoms with Gasteiger partial charge in [0.2, 0.25) is 0 Å². The molecular weight excluding hydrogens is 701 g/mol. The van der Waals surface area contributed by atoms with Gasteiger partial charge in [-0.15, -0.1) is 11.3 Å². The highest BCUT2D eigenvalue weighted by molar-refractivity contribution is 7.26. The summed E-state index contributed by atoms with van der Waals surface area (Å²) in [6, 6.07) is 68.7. The largest absolute Gasteiger partial charge is 0.309 e. The number of fused-ring (bicyclic) bond motifs is 6. The van der Waals surface area contributed by atoms with Gasteiger partial charge in [0.15, 0.2) is 17.5 Å². The molecule has 0 N–H and O–H groups in total. The fourth-order valence-electron chi connectivity index (χ4n) is 8.01. The molecule has 0 aliphatic carbocycles. The molecule has 0 fully saturated rings. The molecule has 0 saturated carbocycles. The Balaban J connectivity index is 1.14. The van der Waals surface area contributed by atoms with Crippen molar-refractivity contribution in [3.8, 4) is 62.1 Å². The van der Waals surface area contributed by atoms with Gasteiger partial charge in [-0.1, -0.05) is 152 Å². The molecule has 8 aromatic carbocycles. The van der Waals surface area contributed by atoms with Crippen LogP contribution in [0.25, 0.3) is 104 Å². The highest BCUT2D eigenvalue weighted by atomic mass is 32.1. The molecule has 0 saturated heterocycles. The van der Waals surface area contributed by atoms with Crippen molar-refractivity contribution in [3.63, 3.8) is 0 Å². The molecule has 11 rings (SSSR count). The van der Waals surface area contributed by atoms with Crippen LogP contribution >= 0.6 is 11.3 Å². The summed E-state index contributed by atoms with van der Waals surface area (Å²) >= 11 is 1.86. The number of hydrogen-bond acceptors (Lipinski definition) is 4. The Hall–Kier alpha value is -7.21. The minimum atomic E-state index is 0.633. The first-order valence-corrected chi connectivity index (χ1v) is 19.6. The normalized spacial score (nSPS) is 11.6. The van der Waals surface area contributed by atoms with Crippen molar-refractivity contribution >= 4 is 53.3 Å². The topological polar surface area (TPSA) is 43.6 Å². The van der Waals surface area contributed by atoms with Gasteiger partial charge in [0.25, 0.3) is 0 Å². The molecule has 3 heterocycles. The molecule has 11 aromatic rings. The average molecular weight is 733 g/mol. The van der Waals surface area contributed by atoms with Crippen LogP contribution in [0.2, 0.25) is 0 Å². The Morgan fingerprint density at radius 2 is 0.821 bits per heavy atom. The van der Waals surface area contributed by atoms with E-state index in [0.717, 1.165) is 33.5 Å². The summed E-state index contributed by atoms with van der Waals surface area (Å²) in [5.74, 6) is 1.92. The predicted octanol–water partition coefficient (Wildman–Crippen LogP) is 13.7. The number of para-hydroxylation sites is 2. The standard InChI is InChI=1S/C51H32N4S/c1-3-15-33(16-4-1)49-52-50(34-17-5-2-6-18-34)54-51(53-49)36-20-13-19-35(29-36)37-30-38(40-24-14-25-44-43-23-9-12-28-47(43)56-48(40)44)32-39(31-37)55-45-26-10-7-21-41(45)42-22-8-11-27-46(42)55/h1-32H. The molecule has 0 aliphatic heterocycles. The number of rotatable bonds is 6. The van der Waals surface area contributed by atoms with E-state index in [1.165, 1.54) is 53.1 Å². The van der Waals surface area contributed by atoms with Crippen molar-refractivity contribution in [3.05, 3.63) is 194 Å². The third kappa shape index (κ3) is 5.48. The van der Waals surface area contributed by atoms with Gasteiger partial charge in [-0.05, 0) is 64.7 Å². The maximum absolute atomic E-state index is 5.06. The summed E-state index contributed by atoms with van der Waals surface area (Å²) in [4.78, 5) is 15.0. The molecule has 0 unspecified atom stereocenters. The summed E-state index contributed by atoms with van der Waals surface area (Å²) in [5, 5.41) is 5.05. The van der Waals surface area contributed by atoms with Gasteiger partial charge >= 0.3 is 0 Å². The number of benzene rings is 8. The molecule has 5 heteroatoms. The van der Waals surface area contributed by atoms with Crippen LogP contribution < -0.4 is 0 Å². The van der Waals surface area contributed by atoms with Crippen LogP contribution in [0.5, 0.6) is 0 Å². The lowest BCUT2D eigenvalue weighted by molar-refractivity contribution is 1.07. The summed E-state index contributed by atoms with van der Waals surface area (Å²) in [6.45, 7) is 0. The van der Waals surface area contributed by atoms with Crippen molar-refractivity contribution in [1.29, 1.82) is 0 Å². The molecule has 56 heavy (non-hydrogen) atoms. The Bertz CT molecular complexity index is 3140. The predicted molar refractivity (Wildman–Crippen MR) is 234 cm³/mol. The van der Waals surface area contributed by atoms with Crippen LogP contribution in [0.4, 0.5) is 0 Å². The number of aromatic nitrogens is 4. The monoisotopic (exact) mass is 732 g/mol. The molecule has 262 valence electrons. The summed E-state index contributed by atoms with van der Waals surface area (Å²) in [7, 11) is 0. The van der Waals surface area contributed by atoms with Crippen molar-refractivity contribution in [2.75, 3.05) is 0 Å². The summed E-state index contributed by atoms with van der Waals surface area (Å²) in [5.41, 5.74) is 10.9. The van der Waals surface area contributed by atoms with Gasteiger partial charge in [-0.2, -0.15) is 0 Å². The first kappa shape index (κ1) is 32.2. The van der Waals surface area contributed by atoms with Crippen molar-refractivity contribution in [2.45, 2.75) is 0 Å². The number of hydrogen-bond donors (Lipinski definition) is 0. The molecule has 0 radical (unpaired) electrons. The second-order valence-corrected chi connectivity index (χ2v) is 15.1. The molecule has 4 nitrogen and oxygen atoms in total. The van der Waals surface area contributed by atoms with Gasteiger partial charge in [-0.25, -0.2) is 15.0 Å². The fourth-order valence-corrected chi connectivity index (χ4v) is 9.25. The second-order valence-electron chi connectivity index (χ2n) is 14.0. The lowest BCUT2D eigenvalue weighted by Crippen LogP contribution is -2.00. The first-order valence-electron chi connectivity index (χ1n) is 18.8. The van der Waals surface area contributed by atoms with Gasteiger partial charge < -0.3 is 4.57 Å². The zero-order chi connectivity index (χ0) is 37.0. The second kappa shape index (κ2) is 13.3. The Morgan fingerprint density at radius 3 is 1.50 bits per heavy atom. The molecule has 0 spiro atoms. The fraction of sp³-hybridized carbons (Fsp3) is 0. The van der Waals surface area contributed by atoms with Crippen molar-refractivity contribution in [1.82, 2.24) is 19.5 Å². The van der Waals surface area contributed by atoms with Crippen LogP contribution in [0, 0.1) is 0 Å². The van der Waals surface area contributed by atoms with E-state index < -0.39 is 0 Å². The average Bonchev–Trinajstić information content (AvgIpc) is 3.83. The Labute approximate surface area is 327 Å². The van der Waals surface area contributed by atoms with Crippen LogP contribution in [-0.2, 0) is 0 Å². The zero-order valence-electron chi connectivity index (χ0n) is 30.2. The van der Waals surface area contributed by atoms with E-state index in [0.29, 0.717) is 17.5 Å². The number of nitrogens with zero attached hydrogens (tertiary/aromatic N) is 4. The van der Waals surface area contributed by atoms with E-state index in [1.807, 2.05) is 72.0 Å².